The number of hydrogen-bond acceptors (Lipinski definition) is 2. The van der Waals surface area contributed by atoms with E-state index in [9.17, 15) is 4.79 Å². The van der Waals surface area contributed by atoms with Gasteiger partial charge < -0.3 is 4.74 Å². The van der Waals surface area contributed by atoms with Gasteiger partial charge in [-0.05, 0) is 30.7 Å². The highest BCUT2D eigenvalue weighted by Gasteiger charge is 2.29. The van der Waals surface area contributed by atoms with Gasteiger partial charge in [-0.1, -0.05) is 55.3 Å². The lowest BCUT2D eigenvalue weighted by Crippen LogP contribution is -2.22. The zero-order valence-corrected chi connectivity index (χ0v) is 11.5. The molecule has 0 spiro atoms. The monoisotopic (exact) mass is 258 g/mol. The quantitative estimate of drug-likeness (QED) is 0.603. The maximum absolute atomic E-state index is 12.2. The van der Waals surface area contributed by atoms with Gasteiger partial charge in [-0.2, -0.15) is 0 Å². The number of esters is 1. The number of carbonyl (C=O) groups is 1. The van der Waals surface area contributed by atoms with Crippen LogP contribution in [0.25, 0.3) is 0 Å². The number of methoxy groups -OCH3 is 1. The largest absolute Gasteiger partial charge is 0.469 e. The molecule has 0 fully saturated rings. The number of rotatable bonds is 3. The molecule has 2 rings (SSSR count). The summed E-state index contributed by atoms with van der Waals surface area (Å²) >= 11 is 0. The van der Waals surface area contributed by atoms with Crippen LogP contribution >= 0.6 is 0 Å². The molecule has 0 aliphatic heterocycles. The first-order valence-electron chi connectivity index (χ1n) is 7.12. The summed E-state index contributed by atoms with van der Waals surface area (Å²) < 4.78 is 5.02. The van der Waals surface area contributed by atoms with Crippen molar-refractivity contribution < 1.29 is 9.53 Å². The molecule has 102 valence electrons. The predicted octanol–water partition coefficient (Wildman–Crippen LogP) is 4.08. The minimum atomic E-state index is -0.166. The fraction of sp³-hybridized carbons (Fsp3) is 0.471. The summed E-state index contributed by atoms with van der Waals surface area (Å²) in [5, 5.41) is 0. The summed E-state index contributed by atoms with van der Waals surface area (Å²) in [6.45, 7) is 0. The Kier molecular flexibility index (Phi) is 5.20. The van der Waals surface area contributed by atoms with Gasteiger partial charge in [0.05, 0.1) is 13.0 Å². The minimum Gasteiger partial charge on any atom is -0.469 e. The van der Waals surface area contributed by atoms with Gasteiger partial charge in [0.15, 0.2) is 0 Å². The molecule has 1 aromatic carbocycles. The van der Waals surface area contributed by atoms with Gasteiger partial charge in [0.2, 0.25) is 0 Å². The Morgan fingerprint density at radius 3 is 2.74 bits per heavy atom. The van der Waals surface area contributed by atoms with Crippen LogP contribution in [0, 0.1) is 5.92 Å². The lowest BCUT2D eigenvalue weighted by molar-refractivity contribution is -0.143. The number of ether oxygens (including phenoxy) is 1. The van der Waals surface area contributed by atoms with Crippen molar-refractivity contribution in [1.82, 2.24) is 0 Å². The van der Waals surface area contributed by atoms with E-state index in [2.05, 4.69) is 12.2 Å². The van der Waals surface area contributed by atoms with Crippen molar-refractivity contribution in [3.63, 3.8) is 0 Å². The molecule has 19 heavy (non-hydrogen) atoms. The van der Waals surface area contributed by atoms with Crippen molar-refractivity contribution in [1.29, 1.82) is 0 Å². The van der Waals surface area contributed by atoms with Crippen LogP contribution in [0.1, 0.15) is 43.6 Å². The molecule has 0 N–H and O–H groups in total. The average Bonchev–Trinajstić information content (AvgIpc) is 2.42. The van der Waals surface area contributed by atoms with E-state index in [0.717, 1.165) is 18.4 Å². The summed E-state index contributed by atoms with van der Waals surface area (Å²) in [4.78, 5) is 12.2. The SMILES string of the molecule is COC(=O)C(c1ccccc1)C1/C=C\CCCCC1. The van der Waals surface area contributed by atoms with E-state index < -0.39 is 0 Å². The third-order valence-corrected chi connectivity index (χ3v) is 3.83. The minimum absolute atomic E-state index is 0.124. The van der Waals surface area contributed by atoms with Crippen LogP contribution in [-0.4, -0.2) is 13.1 Å². The molecule has 2 unspecified atom stereocenters. The number of allylic oxidation sites excluding steroid dienone is 2. The van der Waals surface area contributed by atoms with Crippen LogP contribution in [0.4, 0.5) is 0 Å². The van der Waals surface area contributed by atoms with E-state index in [4.69, 9.17) is 4.74 Å². The van der Waals surface area contributed by atoms with E-state index in [1.54, 1.807) is 0 Å². The fourth-order valence-corrected chi connectivity index (χ4v) is 2.81. The van der Waals surface area contributed by atoms with E-state index in [0.29, 0.717) is 0 Å². The third-order valence-electron chi connectivity index (χ3n) is 3.83. The first kappa shape index (κ1) is 13.9. The Morgan fingerprint density at radius 1 is 1.21 bits per heavy atom. The van der Waals surface area contributed by atoms with E-state index in [1.807, 2.05) is 30.3 Å². The Labute approximate surface area is 115 Å². The molecule has 0 amide bonds. The van der Waals surface area contributed by atoms with E-state index in [1.165, 1.54) is 26.4 Å². The maximum Gasteiger partial charge on any atom is 0.313 e. The first-order valence-corrected chi connectivity index (χ1v) is 7.12. The molecule has 2 atom stereocenters. The molecule has 2 heteroatoms. The van der Waals surface area contributed by atoms with Gasteiger partial charge in [-0.15, -0.1) is 0 Å². The normalized spacial score (nSPS) is 22.9. The molecule has 1 aromatic rings. The second-order valence-corrected chi connectivity index (χ2v) is 5.14. The summed E-state index contributed by atoms with van der Waals surface area (Å²) in [7, 11) is 1.48. The topological polar surface area (TPSA) is 26.3 Å². The molecule has 0 aromatic heterocycles. The van der Waals surface area contributed by atoms with Crippen LogP contribution in [0.2, 0.25) is 0 Å². The number of hydrogen-bond donors (Lipinski definition) is 0. The van der Waals surface area contributed by atoms with Crippen LogP contribution in [0.15, 0.2) is 42.5 Å². The van der Waals surface area contributed by atoms with E-state index in [-0.39, 0.29) is 17.8 Å². The highest BCUT2D eigenvalue weighted by molar-refractivity contribution is 5.78. The van der Waals surface area contributed by atoms with Gasteiger partial charge in [0.1, 0.15) is 0 Å². The zero-order valence-electron chi connectivity index (χ0n) is 11.5. The molecule has 2 nitrogen and oxygen atoms in total. The van der Waals surface area contributed by atoms with Gasteiger partial charge in [0.25, 0.3) is 0 Å². The van der Waals surface area contributed by atoms with Crippen molar-refractivity contribution in [3.05, 3.63) is 48.0 Å². The molecule has 1 aliphatic carbocycles. The summed E-state index contributed by atoms with van der Waals surface area (Å²) in [5.74, 6) is -0.0304. The van der Waals surface area contributed by atoms with Crippen molar-refractivity contribution in [2.45, 2.75) is 38.0 Å². The molecule has 0 radical (unpaired) electrons. The summed E-state index contributed by atoms with van der Waals surface area (Å²) in [6, 6.07) is 9.99. The fourth-order valence-electron chi connectivity index (χ4n) is 2.81. The van der Waals surface area contributed by atoms with Crippen molar-refractivity contribution in [2.24, 2.45) is 5.92 Å². The number of benzene rings is 1. The predicted molar refractivity (Wildman–Crippen MR) is 76.9 cm³/mol. The zero-order chi connectivity index (χ0) is 13.5. The van der Waals surface area contributed by atoms with Crippen LogP contribution < -0.4 is 0 Å². The molecule has 1 aliphatic rings. The van der Waals surface area contributed by atoms with Crippen molar-refractivity contribution in [2.75, 3.05) is 7.11 Å². The average molecular weight is 258 g/mol. The molecule has 0 saturated carbocycles. The second-order valence-electron chi connectivity index (χ2n) is 5.14. The Bertz CT molecular complexity index is 422. The van der Waals surface area contributed by atoms with Gasteiger partial charge >= 0.3 is 5.97 Å². The smallest absolute Gasteiger partial charge is 0.313 e. The highest BCUT2D eigenvalue weighted by Crippen LogP contribution is 2.32. The first-order chi connectivity index (χ1) is 9.33. The van der Waals surface area contributed by atoms with E-state index >= 15 is 0 Å². The highest BCUT2D eigenvalue weighted by atomic mass is 16.5. The van der Waals surface area contributed by atoms with Crippen molar-refractivity contribution >= 4 is 5.97 Å². The molecule has 0 saturated heterocycles. The maximum atomic E-state index is 12.2. The van der Waals surface area contributed by atoms with Gasteiger partial charge in [-0.25, -0.2) is 0 Å². The molecular formula is C17H22O2. The molecule has 0 heterocycles. The standard InChI is InChI=1S/C17H22O2/c1-19-17(18)16(15-12-8-5-9-13-15)14-10-6-3-2-4-7-11-14/h5-6,8-10,12-14,16H,2-4,7,11H2,1H3/b10-6-. The van der Waals surface area contributed by atoms with Crippen molar-refractivity contribution in [3.8, 4) is 0 Å². The Hall–Kier alpha value is -1.57. The molecule has 0 bridgehead atoms. The molecular weight excluding hydrogens is 236 g/mol. The second kappa shape index (κ2) is 7.13. The summed E-state index contributed by atoms with van der Waals surface area (Å²) in [6.07, 6.45) is 10.3. The third kappa shape index (κ3) is 3.69. The lowest BCUT2D eigenvalue weighted by Gasteiger charge is -2.24. The summed E-state index contributed by atoms with van der Waals surface area (Å²) in [5.41, 5.74) is 1.06. The lowest BCUT2D eigenvalue weighted by atomic mass is 9.81. The van der Waals surface area contributed by atoms with Gasteiger partial charge in [-0.3, -0.25) is 4.79 Å². The Morgan fingerprint density at radius 2 is 2.00 bits per heavy atom. The van der Waals surface area contributed by atoms with Gasteiger partial charge in [0, 0.05) is 0 Å². The number of carbonyl (C=O) groups excluding carboxylic acids is 1. The Balaban J connectivity index is 2.26. The van der Waals surface area contributed by atoms with Crippen LogP contribution in [0.5, 0.6) is 0 Å². The van der Waals surface area contributed by atoms with Crippen LogP contribution in [-0.2, 0) is 9.53 Å². The van der Waals surface area contributed by atoms with Crippen LogP contribution in [0.3, 0.4) is 0 Å².